The fourth-order valence-electron chi connectivity index (χ4n) is 3.35. The zero-order valence-electron chi connectivity index (χ0n) is 15.2. The molecule has 0 aliphatic carbocycles. The Hall–Kier alpha value is -3.55. The smallest absolute Gasteiger partial charge is 0.257 e. The van der Waals surface area contributed by atoms with Crippen LogP contribution in [0.2, 0.25) is 0 Å². The van der Waals surface area contributed by atoms with Crippen molar-refractivity contribution < 1.29 is 4.79 Å². The van der Waals surface area contributed by atoms with Gasteiger partial charge in [0.25, 0.3) is 11.5 Å². The molecule has 3 aromatic rings. The summed E-state index contributed by atoms with van der Waals surface area (Å²) in [6.45, 7) is 1.20. The van der Waals surface area contributed by atoms with Crippen molar-refractivity contribution in [2.45, 2.75) is 18.8 Å². The third-order valence-electron chi connectivity index (χ3n) is 4.76. The quantitative estimate of drug-likeness (QED) is 0.724. The fraction of sp³-hybridized carbons (Fsp3) is 0.250. The van der Waals surface area contributed by atoms with E-state index in [0.717, 1.165) is 24.2 Å². The number of para-hydroxylation sites is 1. The third kappa shape index (κ3) is 4.06. The van der Waals surface area contributed by atoms with Crippen LogP contribution in [-0.4, -0.2) is 43.8 Å². The van der Waals surface area contributed by atoms with E-state index in [1.165, 1.54) is 24.8 Å². The molecular formula is C20H20N6O2. The number of carbonyl (C=O) groups is 1. The first kappa shape index (κ1) is 17.8. The Bertz CT molecular complexity index is 1000. The second-order valence-electron chi connectivity index (χ2n) is 6.71. The maximum absolute atomic E-state index is 12.9. The van der Waals surface area contributed by atoms with Crippen LogP contribution in [0.1, 0.15) is 34.8 Å². The number of nitrogens with zero attached hydrogens (tertiary/aromatic N) is 4. The summed E-state index contributed by atoms with van der Waals surface area (Å²) in [5, 5.41) is 3.10. The second kappa shape index (κ2) is 7.99. The van der Waals surface area contributed by atoms with Crippen molar-refractivity contribution in [1.29, 1.82) is 0 Å². The van der Waals surface area contributed by atoms with Crippen molar-refractivity contribution in [2.75, 3.05) is 18.4 Å². The zero-order chi connectivity index (χ0) is 19.3. The summed E-state index contributed by atoms with van der Waals surface area (Å²) in [5.41, 5.74) is 1.87. The lowest BCUT2D eigenvalue weighted by Gasteiger charge is -2.32. The molecule has 1 fully saturated rings. The van der Waals surface area contributed by atoms with Crippen LogP contribution in [0.15, 0.2) is 59.9 Å². The average Bonchev–Trinajstić information content (AvgIpc) is 2.75. The van der Waals surface area contributed by atoms with Gasteiger partial charge in [0, 0.05) is 43.2 Å². The summed E-state index contributed by atoms with van der Waals surface area (Å²) < 4.78 is 0. The second-order valence-corrected chi connectivity index (χ2v) is 6.71. The van der Waals surface area contributed by atoms with Crippen LogP contribution in [-0.2, 0) is 0 Å². The minimum atomic E-state index is -0.177. The predicted octanol–water partition coefficient (Wildman–Crippen LogP) is 2.32. The summed E-state index contributed by atoms with van der Waals surface area (Å²) in [7, 11) is 0. The van der Waals surface area contributed by atoms with Gasteiger partial charge >= 0.3 is 0 Å². The SMILES string of the molecule is O=C(c1cnc(Nc2ccccc2)nc1)N1CCC[C@H](c2cc(=O)[nH]cn2)C1. The van der Waals surface area contributed by atoms with Crippen molar-refractivity contribution in [1.82, 2.24) is 24.8 Å². The van der Waals surface area contributed by atoms with Gasteiger partial charge in [0.2, 0.25) is 5.95 Å². The van der Waals surface area contributed by atoms with E-state index in [4.69, 9.17) is 0 Å². The van der Waals surface area contributed by atoms with Gasteiger partial charge in [0.1, 0.15) is 0 Å². The van der Waals surface area contributed by atoms with Gasteiger partial charge in [-0.15, -0.1) is 0 Å². The van der Waals surface area contributed by atoms with Gasteiger partial charge < -0.3 is 15.2 Å². The summed E-state index contributed by atoms with van der Waals surface area (Å²) in [6.07, 6.45) is 6.24. The molecule has 1 saturated heterocycles. The molecule has 2 aromatic heterocycles. The Morgan fingerprint density at radius 3 is 2.68 bits per heavy atom. The molecule has 8 heteroatoms. The lowest BCUT2D eigenvalue weighted by Crippen LogP contribution is -2.39. The Balaban J connectivity index is 1.44. The maximum Gasteiger partial charge on any atom is 0.257 e. The van der Waals surface area contributed by atoms with Gasteiger partial charge in [-0.3, -0.25) is 9.59 Å². The minimum Gasteiger partial charge on any atom is -0.338 e. The molecule has 8 nitrogen and oxygen atoms in total. The molecule has 142 valence electrons. The van der Waals surface area contributed by atoms with Crippen molar-refractivity contribution in [3.05, 3.63) is 76.7 Å². The molecule has 0 radical (unpaired) electrons. The van der Waals surface area contributed by atoms with E-state index in [2.05, 4.69) is 25.3 Å². The van der Waals surface area contributed by atoms with Gasteiger partial charge in [-0.2, -0.15) is 0 Å². The normalized spacial score (nSPS) is 16.6. The number of hydrogen-bond donors (Lipinski definition) is 2. The van der Waals surface area contributed by atoms with Gasteiger partial charge in [0.15, 0.2) is 0 Å². The Morgan fingerprint density at radius 1 is 1.14 bits per heavy atom. The van der Waals surface area contributed by atoms with Crippen LogP contribution in [0.25, 0.3) is 0 Å². The van der Waals surface area contributed by atoms with Gasteiger partial charge in [-0.1, -0.05) is 18.2 Å². The number of aromatic amines is 1. The molecule has 1 atom stereocenters. The molecule has 1 aliphatic heterocycles. The van der Waals surface area contributed by atoms with Crippen LogP contribution in [0.4, 0.5) is 11.6 Å². The van der Waals surface area contributed by atoms with Crippen molar-refractivity contribution in [2.24, 2.45) is 0 Å². The third-order valence-corrected chi connectivity index (χ3v) is 4.76. The lowest BCUT2D eigenvalue weighted by molar-refractivity contribution is 0.0705. The number of rotatable bonds is 4. The molecular weight excluding hydrogens is 356 g/mol. The highest BCUT2D eigenvalue weighted by Gasteiger charge is 2.26. The molecule has 3 heterocycles. The van der Waals surface area contributed by atoms with Crippen LogP contribution >= 0.6 is 0 Å². The van der Waals surface area contributed by atoms with Crippen molar-refractivity contribution in [3.63, 3.8) is 0 Å². The predicted molar refractivity (Wildman–Crippen MR) is 104 cm³/mol. The molecule has 0 unspecified atom stereocenters. The van der Waals surface area contributed by atoms with Gasteiger partial charge in [-0.25, -0.2) is 15.0 Å². The molecule has 1 amide bonds. The van der Waals surface area contributed by atoms with Gasteiger partial charge in [0.05, 0.1) is 17.6 Å². The number of carbonyl (C=O) groups excluding carboxylic acids is 1. The maximum atomic E-state index is 12.9. The molecule has 0 saturated carbocycles. The average molecular weight is 376 g/mol. The lowest BCUT2D eigenvalue weighted by atomic mass is 9.94. The monoisotopic (exact) mass is 376 g/mol. The number of likely N-dealkylation sites (tertiary alicyclic amines) is 1. The van der Waals surface area contributed by atoms with Crippen LogP contribution in [0.3, 0.4) is 0 Å². The van der Waals surface area contributed by atoms with E-state index in [0.29, 0.717) is 24.6 Å². The van der Waals surface area contributed by atoms with Gasteiger partial charge in [-0.05, 0) is 25.0 Å². The highest BCUT2D eigenvalue weighted by Crippen LogP contribution is 2.25. The minimum absolute atomic E-state index is 0.0555. The molecule has 2 N–H and O–H groups in total. The Labute approximate surface area is 161 Å². The summed E-state index contributed by atoms with van der Waals surface area (Å²) in [4.78, 5) is 41.4. The number of H-pyrrole nitrogens is 1. The number of nitrogens with one attached hydrogen (secondary N) is 2. The summed E-state index contributed by atoms with van der Waals surface area (Å²) >= 11 is 0. The van der Waals surface area contributed by atoms with Crippen LogP contribution in [0, 0.1) is 0 Å². The highest BCUT2D eigenvalue weighted by molar-refractivity contribution is 5.93. The highest BCUT2D eigenvalue weighted by atomic mass is 16.2. The number of anilines is 2. The first-order chi connectivity index (χ1) is 13.7. The first-order valence-electron chi connectivity index (χ1n) is 9.17. The molecule has 28 heavy (non-hydrogen) atoms. The number of benzene rings is 1. The van der Waals surface area contributed by atoms with Crippen LogP contribution in [0.5, 0.6) is 0 Å². The number of amides is 1. The number of aromatic nitrogens is 4. The molecule has 0 bridgehead atoms. The van der Waals surface area contributed by atoms with Crippen LogP contribution < -0.4 is 10.9 Å². The largest absolute Gasteiger partial charge is 0.338 e. The van der Waals surface area contributed by atoms with E-state index >= 15 is 0 Å². The van der Waals surface area contributed by atoms with E-state index < -0.39 is 0 Å². The Morgan fingerprint density at radius 2 is 1.93 bits per heavy atom. The van der Waals surface area contributed by atoms with E-state index in [1.54, 1.807) is 4.90 Å². The zero-order valence-corrected chi connectivity index (χ0v) is 15.2. The first-order valence-corrected chi connectivity index (χ1v) is 9.17. The Kier molecular flexibility index (Phi) is 5.09. The topological polar surface area (TPSA) is 104 Å². The molecule has 1 aliphatic rings. The summed E-state index contributed by atoms with van der Waals surface area (Å²) in [5.74, 6) is 0.382. The number of piperidine rings is 1. The number of hydrogen-bond acceptors (Lipinski definition) is 6. The molecule has 0 spiro atoms. The van der Waals surface area contributed by atoms with E-state index in [-0.39, 0.29) is 17.4 Å². The molecule has 1 aromatic carbocycles. The summed E-state index contributed by atoms with van der Waals surface area (Å²) in [6, 6.07) is 11.1. The standard InChI is InChI=1S/C20H20N6O2/c27-18-9-17(23-13-24-18)14-5-4-8-26(12-14)19(28)15-10-21-20(22-11-15)25-16-6-2-1-3-7-16/h1-3,6-7,9-11,13-14H,4-5,8,12H2,(H,21,22,25)(H,23,24,27)/t14-/m0/s1. The van der Waals surface area contributed by atoms with E-state index in [9.17, 15) is 9.59 Å². The van der Waals surface area contributed by atoms with Crippen molar-refractivity contribution >= 4 is 17.5 Å². The fourth-order valence-corrected chi connectivity index (χ4v) is 3.35. The van der Waals surface area contributed by atoms with Crippen molar-refractivity contribution in [3.8, 4) is 0 Å². The molecule has 4 rings (SSSR count). The van der Waals surface area contributed by atoms with E-state index in [1.807, 2.05) is 30.3 Å².